The Kier molecular flexibility index (Phi) is 4.94. The van der Waals surface area contributed by atoms with E-state index in [4.69, 9.17) is 5.11 Å². The summed E-state index contributed by atoms with van der Waals surface area (Å²) >= 11 is 0. The summed E-state index contributed by atoms with van der Waals surface area (Å²) in [6.45, 7) is 5.46. The predicted molar refractivity (Wildman–Crippen MR) is 65.7 cm³/mol. The van der Waals surface area contributed by atoms with Crippen LogP contribution >= 0.6 is 0 Å². The zero-order valence-electron chi connectivity index (χ0n) is 10.4. The number of carboxylic acid groups (broad SMARTS) is 1. The Balaban J connectivity index is 2.63. The average Bonchev–Trinajstić information content (AvgIpc) is 2.14. The van der Waals surface area contributed by atoms with Crippen LogP contribution in [-0.4, -0.2) is 55.0 Å². The van der Waals surface area contributed by atoms with Crippen molar-refractivity contribution < 1.29 is 18.3 Å². The Labute approximate surface area is 103 Å². The number of carbonyl (C=O) groups is 1. The van der Waals surface area contributed by atoms with Crippen molar-refractivity contribution in [2.75, 3.05) is 24.6 Å². The summed E-state index contributed by atoms with van der Waals surface area (Å²) in [5.74, 6) is -0.251. The minimum Gasteiger partial charge on any atom is -0.481 e. The maximum atomic E-state index is 11.5. The van der Waals surface area contributed by atoms with Crippen LogP contribution in [-0.2, 0) is 14.6 Å². The fraction of sp³-hybridized carbons (Fsp3) is 0.909. The van der Waals surface area contributed by atoms with Gasteiger partial charge in [-0.3, -0.25) is 9.69 Å². The zero-order valence-corrected chi connectivity index (χ0v) is 11.2. The first-order valence-electron chi connectivity index (χ1n) is 5.96. The zero-order chi connectivity index (χ0) is 13.1. The van der Waals surface area contributed by atoms with Crippen molar-refractivity contribution in [3.63, 3.8) is 0 Å². The van der Waals surface area contributed by atoms with Gasteiger partial charge < -0.3 is 5.11 Å². The topological polar surface area (TPSA) is 74.7 Å². The fourth-order valence-electron chi connectivity index (χ4n) is 2.03. The minimum atomic E-state index is -3.05. The van der Waals surface area contributed by atoms with Crippen molar-refractivity contribution >= 4 is 15.8 Å². The van der Waals surface area contributed by atoms with E-state index in [1.807, 2.05) is 4.90 Å². The van der Waals surface area contributed by atoms with Crippen LogP contribution in [0.5, 0.6) is 0 Å². The first-order chi connectivity index (χ1) is 7.80. The number of aliphatic carboxylic acids is 1. The van der Waals surface area contributed by atoms with Crippen LogP contribution in [0.1, 0.15) is 26.7 Å². The molecule has 1 unspecified atom stereocenters. The molecular formula is C11H21NO4S. The van der Waals surface area contributed by atoms with Gasteiger partial charge in [-0.05, 0) is 18.9 Å². The molecular weight excluding hydrogens is 242 g/mol. The maximum Gasteiger partial charge on any atom is 0.304 e. The molecule has 0 aromatic rings. The maximum absolute atomic E-state index is 11.5. The first kappa shape index (κ1) is 14.4. The molecule has 1 aliphatic rings. The van der Waals surface area contributed by atoms with Crippen molar-refractivity contribution in [2.45, 2.75) is 32.7 Å². The molecule has 5 nitrogen and oxygen atoms in total. The second-order valence-corrected chi connectivity index (χ2v) is 7.31. The van der Waals surface area contributed by atoms with Crippen LogP contribution in [0.4, 0.5) is 0 Å². The van der Waals surface area contributed by atoms with Crippen LogP contribution < -0.4 is 0 Å². The molecule has 0 aromatic carbocycles. The Bertz CT molecular complexity index is 364. The van der Waals surface area contributed by atoms with Gasteiger partial charge in [-0.2, -0.15) is 0 Å². The quantitative estimate of drug-likeness (QED) is 0.786. The van der Waals surface area contributed by atoms with E-state index in [9.17, 15) is 13.2 Å². The summed E-state index contributed by atoms with van der Waals surface area (Å²) < 4.78 is 23.0. The van der Waals surface area contributed by atoms with E-state index in [1.54, 1.807) is 0 Å². The molecule has 1 saturated heterocycles. The molecule has 6 heteroatoms. The molecule has 0 bridgehead atoms. The molecule has 1 aliphatic heterocycles. The average molecular weight is 263 g/mol. The summed E-state index contributed by atoms with van der Waals surface area (Å²) in [6.07, 6.45) is 0.882. The van der Waals surface area contributed by atoms with Gasteiger partial charge in [0.1, 0.15) is 0 Å². The highest BCUT2D eigenvalue weighted by molar-refractivity contribution is 7.91. The molecule has 0 amide bonds. The lowest BCUT2D eigenvalue weighted by molar-refractivity contribution is -0.138. The van der Waals surface area contributed by atoms with Gasteiger partial charge in [0.2, 0.25) is 0 Å². The highest BCUT2D eigenvalue weighted by Crippen LogP contribution is 2.16. The van der Waals surface area contributed by atoms with Crippen molar-refractivity contribution in [1.29, 1.82) is 0 Å². The Hall–Kier alpha value is -0.620. The van der Waals surface area contributed by atoms with E-state index in [2.05, 4.69) is 13.8 Å². The van der Waals surface area contributed by atoms with Crippen molar-refractivity contribution in [2.24, 2.45) is 5.92 Å². The van der Waals surface area contributed by atoms with E-state index in [0.717, 1.165) is 13.0 Å². The number of hydrogen-bond donors (Lipinski definition) is 1. The number of rotatable bonds is 5. The van der Waals surface area contributed by atoms with E-state index < -0.39 is 15.8 Å². The van der Waals surface area contributed by atoms with Gasteiger partial charge in [0.05, 0.1) is 17.9 Å². The van der Waals surface area contributed by atoms with Crippen LogP contribution in [0.3, 0.4) is 0 Å². The van der Waals surface area contributed by atoms with Gasteiger partial charge in [-0.25, -0.2) is 8.42 Å². The molecule has 100 valence electrons. The molecule has 1 fully saturated rings. The van der Waals surface area contributed by atoms with Crippen LogP contribution in [0.2, 0.25) is 0 Å². The van der Waals surface area contributed by atoms with E-state index in [-0.39, 0.29) is 24.0 Å². The van der Waals surface area contributed by atoms with E-state index >= 15 is 0 Å². The Morgan fingerprint density at radius 3 is 2.65 bits per heavy atom. The normalized spacial score (nSPS) is 25.0. The molecule has 0 spiro atoms. The van der Waals surface area contributed by atoms with Gasteiger partial charge in [0.25, 0.3) is 0 Å². The Morgan fingerprint density at radius 2 is 2.12 bits per heavy atom. The summed E-state index contributed by atoms with van der Waals surface area (Å²) in [6, 6.07) is -0.356. The highest BCUT2D eigenvalue weighted by atomic mass is 32.2. The molecule has 0 aromatic heterocycles. The minimum absolute atomic E-state index is 0.0165. The second kappa shape index (κ2) is 5.82. The van der Waals surface area contributed by atoms with Crippen LogP contribution in [0, 0.1) is 5.92 Å². The smallest absolute Gasteiger partial charge is 0.304 e. The molecule has 1 heterocycles. The lowest BCUT2D eigenvalue weighted by Crippen LogP contribution is -2.49. The van der Waals surface area contributed by atoms with Crippen molar-refractivity contribution in [3.05, 3.63) is 0 Å². The third-order valence-electron chi connectivity index (χ3n) is 3.06. The predicted octanol–water partition coefficient (Wildman–Crippen LogP) is 0.606. The molecule has 1 atom stereocenters. The number of sulfone groups is 1. The number of carboxylic acids is 1. The third kappa shape index (κ3) is 5.04. The fourth-order valence-corrected chi connectivity index (χ4v) is 3.62. The monoisotopic (exact) mass is 263 g/mol. The number of nitrogens with zero attached hydrogens (tertiary/aromatic N) is 1. The summed E-state index contributed by atoms with van der Waals surface area (Å²) in [5.41, 5.74) is 0. The van der Waals surface area contributed by atoms with Crippen LogP contribution in [0.25, 0.3) is 0 Å². The van der Waals surface area contributed by atoms with Gasteiger partial charge in [0, 0.05) is 12.6 Å². The van der Waals surface area contributed by atoms with E-state index in [1.165, 1.54) is 0 Å². The summed E-state index contributed by atoms with van der Waals surface area (Å²) in [4.78, 5) is 12.7. The van der Waals surface area contributed by atoms with Crippen molar-refractivity contribution in [3.8, 4) is 0 Å². The third-order valence-corrected chi connectivity index (χ3v) is 4.75. The summed E-state index contributed by atoms with van der Waals surface area (Å²) in [5, 5.41) is 8.81. The van der Waals surface area contributed by atoms with Gasteiger partial charge in [-0.1, -0.05) is 13.8 Å². The first-order valence-corrected chi connectivity index (χ1v) is 7.78. The molecule has 0 aliphatic carbocycles. The molecule has 0 saturated carbocycles. The second-order valence-electron chi connectivity index (χ2n) is 5.08. The lowest BCUT2D eigenvalue weighted by atomic mass is 10.1. The highest BCUT2D eigenvalue weighted by Gasteiger charge is 2.32. The molecule has 1 rings (SSSR count). The van der Waals surface area contributed by atoms with Crippen LogP contribution in [0.15, 0.2) is 0 Å². The lowest BCUT2D eigenvalue weighted by Gasteiger charge is -2.34. The standard InChI is InChI=1S/C11H21NO4S/c1-9(2)3-4-12-5-6-17(15,16)8-10(12)7-11(13)14/h9-10H,3-8H2,1-2H3,(H,13,14). The Morgan fingerprint density at radius 1 is 1.47 bits per heavy atom. The van der Waals surface area contributed by atoms with E-state index in [0.29, 0.717) is 12.5 Å². The molecule has 0 radical (unpaired) electrons. The number of hydrogen-bond acceptors (Lipinski definition) is 4. The molecule has 1 N–H and O–H groups in total. The molecule has 17 heavy (non-hydrogen) atoms. The van der Waals surface area contributed by atoms with Crippen molar-refractivity contribution in [1.82, 2.24) is 4.90 Å². The van der Waals surface area contributed by atoms with Gasteiger partial charge in [0.15, 0.2) is 9.84 Å². The summed E-state index contributed by atoms with van der Waals surface area (Å²) in [7, 11) is -3.05. The van der Waals surface area contributed by atoms with Gasteiger partial charge in [-0.15, -0.1) is 0 Å². The SMILES string of the molecule is CC(C)CCN1CCS(=O)(=O)CC1CC(=O)O. The van der Waals surface area contributed by atoms with Gasteiger partial charge >= 0.3 is 5.97 Å². The largest absolute Gasteiger partial charge is 0.481 e.